The molecule has 0 fully saturated rings. The molecule has 8 nitrogen and oxygen atoms in total. The third kappa shape index (κ3) is 4.31. The molecule has 176 valence electrons. The number of nitrogens with zero attached hydrogens (tertiary/aromatic N) is 3. The van der Waals surface area contributed by atoms with Crippen LogP contribution in [0.25, 0.3) is 16.6 Å². The first-order valence-electron chi connectivity index (χ1n) is 11.4. The van der Waals surface area contributed by atoms with Gasteiger partial charge in [-0.1, -0.05) is 36.4 Å². The second kappa shape index (κ2) is 9.36. The van der Waals surface area contributed by atoms with E-state index in [-0.39, 0.29) is 6.79 Å². The molecule has 0 saturated heterocycles. The van der Waals surface area contributed by atoms with E-state index in [9.17, 15) is 0 Å². The van der Waals surface area contributed by atoms with Crippen LogP contribution in [0.1, 0.15) is 18.1 Å². The Morgan fingerprint density at radius 1 is 1.00 bits per heavy atom. The Morgan fingerprint density at radius 3 is 2.69 bits per heavy atom. The fraction of sp³-hybridized carbons (Fsp3) is 0.154. The lowest BCUT2D eigenvalue weighted by atomic mass is 10.1. The van der Waals surface area contributed by atoms with E-state index < -0.39 is 0 Å². The van der Waals surface area contributed by atoms with E-state index in [1.165, 1.54) is 11.9 Å². The van der Waals surface area contributed by atoms with Crippen LogP contribution in [-0.2, 0) is 6.54 Å². The maximum absolute atomic E-state index is 5.60. The van der Waals surface area contributed by atoms with Gasteiger partial charge in [0.25, 0.3) is 0 Å². The number of para-hydroxylation sites is 1. The highest BCUT2D eigenvalue weighted by atomic mass is 32.2. The van der Waals surface area contributed by atoms with Crippen molar-refractivity contribution >= 4 is 46.0 Å². The van der Waals surface area contributed by atoms with Gasteiger partial charge in [0.05, 0.1) is 11.2 Å². The van der Waals surface area contributed by atoms with Crippen molar-refractivity contribution in [2.45, 2.75) is 13.5 Å². The average molecular weight is 485 g/mol. The molecule has 0 spiro atoms. The molecule has 35 heavy (non-hydrogen) atoms. The summed E-state index contributed by atoms with van der Waals surface area (Å²) in [6, 6.07) is 22.5. The van der Waals surface area contributed by atoms with E-state index in [0.29, 0.717) is 12.5 Å². The van der Waals surface area contributed by atoms with Crippen LogP contribution < -0.4 is 29.9 Å². The molecule has 3 N–H and O–H groups in total. The number of ether oxygens (including phenoxy) is 2. The van der Waals surface area contributed by atoms with Gasteiger partial charge in [-0.25, -0.2) is 4.98 Å². The smallest absolute Gasteiger partial charge is 0.231 e. The van der Waals surface area contributed by atoms with Crippen molar-refractivity contribution < 1.29 is 9.47 Å². The number of fused-ring (bicyclic) bond motifs is 2. The third-order valence-corrected chi connectivity index (χ3v) is 6.53. The predicted octanol–water partition coefficient (Wildman–Crippen LogP) is 5.18. The summed E-state index contributed by atoms with van der Waals surface area (Å²) in [5, 5.41) is 6.46. The van der Waals surface area contributed by atoms with Crippen molar-refractivity contribution in [1.29, 1.82) is 0 Å². The lowest BCUT2D eigenvalue weighted by Gasteiger charge is -2.24. The summed E-state index contributed by atoms with van der Waals surface area (Å²) in [6.07, 6.45) is 0. The first kappa shape index (κ1) is 21.6. The predicted molar refractivity (Wildman–Crippen MR) is 140 cm³/mol. The van der Waals surface area contributed by atoms with Crippen LogP contribution in [0, 0.1) is 0 Å². The molecule has 6 rings (SSSR count). The normalized spacial score (nSPS) is 14.0. The van der Waals surface area contributed by atoms with Gasteiger partial charge in [-0.15, -0.1) is 0 Å². The van der Waals surface area contributed by atoms with Crippen molar-refractivity contribution in [1.82, 2.24) is 20.2 Å². The molecule has 9 heteroatoms. The molecule has 0 saturated carbocycles. The van der Waals surface area contributed by atoms with Gasteiger partial charge in [0.15, 0.2) is 11.5 Å². The minimum Gasteiger partial charge on any atom is -0.454 e. The van der Waals surface area contributed by atoms with Gasteiger partial charge in [-0.05, 0) is 54.3 Å². The van der Waals surface area contributed by atoms with Crippen molar-refractivity contribution in [3.63, 3.8) is 0 Å². The minimum atomic E-state index is 0.250. The molecule has 1 aromatic heterocycles. The zero-order chi connectivity index (χ0) is 23.6. The molecule has 4 aromatic rings. The molecular weight excluding hydrogens is 460 g/mol. The first-order valence-corrected chi connectivity index (χ1v) is 12.3. The number of aromatic nitrogens is 2. The molecule has 0 amide bonds. The second-order valence-corrected chi connectivity index (χ2v) is 8.77. The Kier molecular flexibility index (Phi) is 5.77. The largest absolute Gasteiger partial charge is 0.454 e. The molecule has 0 atom stereocenters. The maximum atomic E-state index is 5.60. The molecule has 2 aliphatic heterocycles. The van der Waals surface area contributed by atoms with Crippen molar-refractivity contribution in [3.05, 3.63) is 83.3 Å². The summed E-state index contributed by atoms with van der Waals surface area (Å²) in [5.41, 5.74) is 8.37. The standard InChI is InChI=1S/C26H24N6O2S/c1-2-32(19-11-12-23-24(13-19)34-16-33-23)25-20-5-3-4-6-21(20)28-26(29-25)27-14-17-7-9-18(10-8-17)22-15-35-31-30-22/h3-13,15,30-31H,2,14,16H2,1H3,(H,27,28,29). The van der Waals surface area contributed by atoms with Gasteiger partial charge in [0, 0.05) is 35.6 Å². The third-order valence-electron chi connectivity index (χ3n) is 5.96. The van der Waals surface area contributed by atoms with Gasteiger partial charge in [0.2, 0.25) is 12.7 Å². The van der Waals surface area contributed by atoms with Crippen LogP contribution in [0.15, 0.2) is 72.1 Å². The summed E-state index contributed by atoms with van der Waals surface area (Å²) in [5.74, 6) is 2.95. The number of hydrazine groups is 1. The number of nitrogens with one attached hydrogen (secondary N) is 3. The van der Waals surface area contributed by atoms with Gasteiger partial charge in [-0.3, -0.25) is 0 Å². The molecule has 2 aliphatic rings. The summed E-state index contributed by atoms with van der Waals surface area (Å²) in [7, 11) is 0. The van der Waals surface area contributed by atoms with Crippen LogP contribution >= 0.6 is 11.9 Å². The fourth-order valence-corrected chi connectivity index (χ4v) is 4.72. The van der Waals surface area contributed by atoms with Crippen LogP contribution in [0.3, 0.4) is 0 Å². The zero-order valence-corrected chi connectivity index (χ0v) is 19.9. The molecule has 0 unspecified atom stereocenters. The summed E-state index contributed by atoms with van der Waals surface area (Å²) in [4.78, 5) is 14.9. The van der Waals surface area contributed by atoms with Crippen LogP contribution in [0.4, 0.5) is 17.5 Å². The molecule has 3 aromatic carbocycles. The molecule has 0 bridgehead atoms. The van der Waals surface area contributed by atoms with Gasteiger partial charge >= 0.3 is 0 Å². The summed E-state index contributed by atoms with van der Waals surface area (Å²) < 4.78 is 11.1. The van der Waals surface area contributed by atoms with Crippen molar-refractivity contribution in [2.24, 2.45) is 0 Å². The van der Waals surface area contributed by atoms with E-state index in [2.05, 4.69) is 63.1 Å². The van der Waals surface area contributed by atoms with E-state index in [1.54, 1.807) is 0 Å². The number of rotatable bonds is 7. The van der Waals surface area contributed by atoms with Crippen LogP contribution in [0.2, 0.25) is 0 Å². The van der Waals surface area contributed by atoms with Gasteiger partial charge in [-0.2, -0.15) is 9.82 Å². The molecule has 0 aliphatic carbocycles. The van der Waals surface area contributed by atoms with Gasteiger partial charge in [0.1, 0.15) is 5.82 Å². The first-order chi connectivity index (χ1) is 17.3. The quantitative estimate of drug-likeness (QED) is 0.307. The van der Waals surface area contributed by atoms with Crippen LogP contribution in [0.5, 0.6) is 11.5 Å². The lowest BCUT2D eigenvalue weighted by molar-refractivity contribution is 0.174. The van der Waals surface area contributed by atoms with E-state index in [0.717, 1.165) is 57.3 Å². The van der Waals surface area contributed by atoms with Crippen molar-refractivity contribution in [3.8, 4) is 11.5 Å². The fourth-order valence-electron chi connectivity index (χ4n) is 4.18. The topological polar surface area (TPSA) is 83.6 Å². The summed E-state index contributed by atoms with van der Waals surface area (Å²) in [6.45, 7) is 3.71. The Hall–Kier alpha value is -3.95. The number of hydrogen-bond acceptors (Lipinski definition) is 9. The minimum absolute atomic E-state index is 0.250. The molecule has 0 radical (unpaired) electrons. The highest BCUT2D eigenvalue weighted by Gasteiger charge is 2.19. The molecular formula is C26H24N6O2S. The lowest BCUT2D eigenvalue weighted by Crippen LogP contribution is -2.19. The maximum Gasteiger partial charge on any atom is 0.231 e. The second-order valence-electron chi connectivity index (χ2n) is 8.10. The van der Waals surface area contributed by atoms with Gasteiger partial charge < -0.3 is 25.1 Å². The number of benzene rings is 3. The Morgan fingerprint density at radius 2 is 1.86 bits per heavy atom. The van der Waals surface area contributed by atoms with Crippen LogP contribution in [-0.4, -0.2) is 23.3 Å². The summed E-state index contributed by atoms with van der Waals surface area (Å²) >= 11 is 1.53. The Bertz CT molecular complexity index is 1410. The van der Waals surface area contributed by atoms with E-state index in [1.807, 2.05) is 36.4 Å². The van der Waals surface area contributed by atoms with E-state index >= 15 is 0 Å². The highest BCUT2D eigenvalue weighted by molar-refractivity contribution is 8.00. The van der Waals surface area contributed by atoms with Crippen molar-refractivity contribution in [2.75, 3.05) is 23.6 Å². The molecule has 3 heterocycles. The number of anilines is 3. The average Bonchev–Trinajstić information content (AvgIpc) is 3.60. The Balaban J connectivity index is 1.29. The number of hydrogen-bond donors (Lipinski definition) is 3. The SMILES string of the molecule is CCN(c1ccc2c(c1)OCO2)c1nc(NCc2ccc(C3=CSNN3)cc2)nc2ccccc12. The highest BCUT2D eigenvalue weighted by Crippen LogP contribution is 2.38. The Labute approximate surface area is 207 Å². The monoisotopic (exact) mass is 484 g/mol. The van der Waals surface area contributed by atoms with E-state index in [4.69, 9.17) is 19.4 Å². The zero-order valence-electron chi connectivity index (χ0n) is 19.1.